The van der Waals surface area contributed by atoms with Gasteiger partial charge in [-0.3, -0.25) is 4.79 Å². The predicted molar refractivity (Wildman–Crippen MR) is 137 cm³/mol. The third kappa shape index (κ3) is 7.52. The van der Waals surface area contributed by atoms with Crippen molar-refractivity contribution in [1.29, 1.82) is 0 Å². The van der Waals surface area contributed by atoms with Gasteiger partial charge in [-0.25, -0.2) is 0 Å². The molecule has 2 N–H and O–H groups in total. The number of alkyl halides is 6. The molecule has 1 fully saturated rings. The number of hydrogen-bond donors (Lipinski definition) is 2. The van der Waals surface area contributed by atoms with E-state index in [9.17, 15) is 31.1 Å². The molecule has 0 saturated heterocycles. The number of allylic oxidation sites excluding steroid dienone is 1. The van der Waals surface area contributed by atoms with E-state index < -0.39 is 36.3 Å². The lowest BCUT2D eigenvalue weighted by molar-refractivity contribution is -0.139. The summed E-state index contributed by atoms with van der Waals surface area (Å²) in [7, 11) is 0. The molecule has 37 heavy (non-hydrogen) atoms. The predicted octanol–water partition coefficient (Wildman–Crippen LogP) is 8.06. The Hall–Kier alpha value is -2.01. The smallest absolute Gasteiger partial charge is 0.369 e. The van der Waals surface area contributed by atoms with Crippen molar-refractivity contribution in [1.82, 2.24) is 10.6 Å². The molecule has 0 spiro atoms. The average Bonchev–Trinajstić information content (AvgIpc) is 3.55. The summed E-state index contributed by atoms with van der Waals surface area (Å²) < 4.78 is 78.7. The molecule has 200 valence electrons. The van der Waals surface area contributed by atoms with Gasteiger partial charge in [0, 0.05) is 5.56 Å². The van der Waals surface area contributed by atoms with Crippen LogP contribution in [0.2, 0.25) is 15.1 Å². The van der Waals surface area contributed by atoms with Gasteiger partial charge < -0.3 is 10.6 Å². The average molecular weight is 604 g/mol. The number of hydrogen-bond acceptors (Lipinski definition) is 2. The molecule has 2 aromatic carbocycles. The molecule has 1 unspecified atom stereocenters. The highest BCUT2D eigenvalue weighted by Gasteiger charge is 2.49. The summed E-state index contributed by atoms with van der Waals surface area (Å²) in [6.45, 7) is 0.281. The Labute approximate surface area is 229 Å². The van der Waals surface area contributed by atoms with Gasteiger partial charge in [-0.1, -0.05) is 71.3 Å². The van der Waals surface area contributed by atoms with Crippen molar-refractivity contribution in [2.24, 2.45) is 0 Å². The van der Waals surface area contributed by atoms with Gasteiger partial charge in [0.25, 0.3) is 5.91 Å². The Morgan fingerprint density at radius 2 is 1.68 bits per heavy atom. The van der Waals surface area contributed by atoms with Crippen LogP contribution in [0.25, 0.3) is 6.08 Å². The lowest BCUT2D eigenvalue weighted by Crippen LogP contribution is -2.49. The van der Waals surface area contributed by atoms with E-state index in [1.807, 2.05) is 0 Å². The number of carbonyl (C=O) groups excluding carboxylic acids is 1. The lowest BCUT2D eigenvalue weighted by Gasteiger charge is -2.21. The number of benzene rings is 2. The van der Waals surface area contributed by atoms with Gasteiger partial charge in [-0.15, -0.1) is 0 Å². The molecule has 13 heteroatoms. The number of rotatable bonds is 7. The number of aryl methyl sites for hydroxylation is 1. The highest BCUT2D eigenvalue weighted by molar-refractivity contribution is 7.80. The molecule has 2 aromatic rings. The van der Waals surface area contributed by atoms with E-state index in [1.165, 1.54) is 24.3 Å². The summed E-state index contributed by atoms with van der Waals surface area (Å²) in [5, 5.41) is 4.54. The Morgan fingerprint density at radius 3 is 2.16 bits per heavy atom. The van der Waals surface area contributed by atoms with Gasteiger partial charge in [0.2, 0.25) is 0 Å². The first-order valence-corrected chi connectivity index (χ1v) is 12.2. The molecule has 1 aliphatic carbocycles. The second kappa shape index (κ2) is 11.0. The van der Waals surface area contributed by atoms with Crippen molar-refractivity contribution in [3.63, 3.8) is 0 Å². The first-order chi connectivity index (χ1) is 17.0. The highest BCUT2D eigenvalue weighted by atomic mass is 35.5. The van der Waals surface area contributed by atoms with E-state index in [-0.39, 0.29) is 31.2 Å². The van der Waals surface area contributed by atoms with E-state index in [0.717, 1.165) is 18.2 Å². The first kappa shape index (κ1) is 29.5. The van der Waals surface area contributed by atoms with Crippen LogP contribution >= 0.6 is 47.0 Å². The van der Waals surface area contributed by atoms with Crippen LogP contribution in [0.4, 0.5) is 26.3 Å². The van der Waals surface area contributed by atoms with Gasteiger partial charge in [0.1, 0.15) is 11.5 Å². The minimum atomic E-state index is -4.65. The number of carbonyl (C=O) groups is 1. The molecule has 0 radical (unpaired) electrons. The quantitative estimate of drug-likeness (QED) is 0.191. The zero-order valence-electron chi connectivity index (χ0n) is 19.0. The van der Waals surface area contributed by atoms with Gasteiger partial charge >= 0.3 is 12.4 Å². The summed E-state index contributed by atoms with van der Waals surface area (Å²) in [5.74, 6) is -2.58. The minimum absolute atomic E-state index is 0.0497. The molecule has 1 amide bonds. The van der Waals surface area contributed by atoms with E-state index in [2.05, 4.69) is 10.6 Å². The van der Waals surface area contributed by atoms with Crippen LogP contribution in [0.15, 0.2) is 36.4 Å². The zero-order valence-corrected chi connectivity index (χ0v) is 22.0. The van der Waals surface area contributed by atoms with Gasteiger partial charge in [0.05, 0.1) is 26.5 Å². The molecule has 0 heterocycles. The maximum atomic E-state index is 13.8. The fraction of sp³-hybridized carbons (Fsp3) is 0.333. The summed E-state index contributed by atoms with van der Waals surface area (Å²) in [5.41, 5.74) is -0.195. The summed E-state index contributed by atoms with van der Waals surface area (Å²) in [6, 6.07) is 6.58. The standard InChI is InChI=1S/C24H19Cl3F6N2OS/c1-12-8-13(3-5-16(24(31,32)33)14-9-17(25)19(27)18(26)10-14)2-4-15(12)20(36)35-22(6-7-22)21(37)34-11-23(28,29)30/h2-5,8-10,16H,6-7,11H2,1H3,(H,34,37)(H,35,36)/b5-3+. The van der Waals surface area contributed by atoms with E-state index in [1.54, 1.807) is 6.92 Å². The van der Waals surface area contributed by atoms with E-state index in [4.69, 9.17) is 47.0 Å². The maximum Gasteiger partial charge on any atom is 0.405 e. The SMILES string of the molecule is Cc1cc(/C=C/C(c2cc(Cl)c(Cl)c(Cl)c2)C(F)(F)F)ccc1C(=O)NC1(C(=S)NCC(F)(F)F)CC1. The fourth-order valence-corrected chi connectivity index (χ4v) is 4.53. The molecular formula is C24H19Cl3F6N2OS. The molecular weight excluding hydrogens is 585 g/mol. The van der Waals surface area contributed by atoms with Crippen LogP contribution < -0.4 is 10.6 Å². The topological polar surface area (TPSA) is 41.1 Å². The first-order valence-electron chi connectivity index (χ1n) is 10.7. The lowest BCUT2D eigenvalue weighted by atomic mass is 9.96. The van der Waals surface area contributed by atoms with Crippen LogP contribution in [0, 0.1) is 6.92 Å². The Bertz CT molecular complexity index is 1220. The van der Waals surface area contributed by atoms with Gasteiger partial charge in [0.15, 0.2) is 0 Å². The summed E-state index contributed by atoms with van der Waals surface area (Å²) in [6.07, 6.45) is -6.14. The van der Waals surface area contributed by atoms with E-state index in [0.29, 0.717) is 24.0 Å². The van der Waals surface area contributed by atoms with Crippen molar-refractivity contribution in [3.05, 3.63) is 73.7 Å². The number of thiocarbonyl (C=S) groups is 1. The zero-order chi connectivity index (χ0) is 27.8. The van der Waals surface area contributed by atoms with Crippen LogP contribution in [-0.4, -0.2) is 35.3 Å². The van der Waals surface area contributed by atoms with E-state index >= 15 is 0 Å². The van der Waals surface area contributed by atoms with Crippen molar-refractivity contribution < 1.29 is 31.1 Å². The molecule has 1 atom stereocenters. The van der Waals surface area contributed by atoms with Crippen LogP contribution in [0.1, 0.15) is 45.8 Å². The van der Waals surface area contributed by atoms with Crippen molar-refractivity contribution in [2.45, 2.75) is 43.6 Å². The molecule has 1 aliphatic rings. The molecule has 0 aliphatic heterocycles. The van der Waals surface area contributed by atoms with Gasteiger partial charge in [-0.2, -0.15) is 26.3 Å². The molecule has 0 bridgehead atoms. The monoisotopic (exact) mass is 602 g/mol. The Balaban J connectivity index is 1.76. The molecule has 3 nitrogen and oxygen atoms in total. The normalized spacial score (nSPS) is 15.9. The Kier molecular flexibility index (Phi) is 8.78. The van der Waals surface area contributed by atoms with Gasteiger partial charge in [-0.05, 0) is 54.7 Å². The number of nitrogens with one attached hydrogen (secondary N) is 2. The van der Waals surface area contributed by atoms with Crippen LogP contribution in [0.5, 0.6) is 0 Å². The maximum absolute atomic E-state index is 13.8. The third-order valence-corrected chi connectivity index (χ3v) is 7.41. The second-order valence-corrected chi connectivity index (χ2v) is 10.2. The van der Waals surface area contributed by atoms with Crippen molar-refractivity contribution in [2.75, 3.05) is 6.54 Å². The fourth-order valence-electron chi connectivity index (χ4n) is 3.58. The minimum Gasteiger partial charge on any atom is -0.369 e. The molecule has 1 saturated carbocycles. The Morgan fingerprint density at radius 1 is 1.08 bits per heavy atom. The van der Waals surface area contributed by atoms with Crippen LogP contribution in [-0.2, 0) is 0 Å². The largest absolute Gasteiger partial charge is 0.405 e. The number of amides is 1. The summed E-state index contributed by atoms with van der Waals surface area (Å²) >= 11 is 22.7. The second-order valence-electron chi connectivity index (χ2n) is 8.59. The summed E-state index contributed by atoms with van der Waals surface area (Å²) in [4.78, 5) is 12.7. The molecule has 0 aromatic heterocycles. The van der Waals surface area contributed by atoms with Crippen molar-refractivity contribution >= 4 is 64.0 Å². The van der Waals surface area contributed by atoms with Crippen molar-refractivity contribution in [3.8, 4) is 0 Å². The van der Waals surface area contributed by atoms with Crippen LogP contribution in [0.3, 0.4) is 0 Å². The number of halogens is 9. The highest BCUT2D eigenvalue weighted by Crippen LogP contribution is 2.41. The molecule has 3 rings (SSSR count). The third-order valence-electron chi connectivity index (χ3n) is 5.68.